The van der Waals surface area contributed by atoms with Crippen LogP contribution in [0.25, 0.3) is 11.0 Å². The fourth-order valence-electron chi connectivity index (χ4n) is 2.41. The number of pyridine rings is 1. The summed E-state index contributed by atoms with van der Waals surface area (Å²) < 4.78 is 11.2. The fourth-order valence-corrected chi connectivity index (χ4v) is 2.41. The van der Waals surface area contributed by atoms with Gasteiger partial charge in [-0.2, -0.15) is 5.26 Å². The minimum Gasteiger partial charge on any atom is -0.497 e. The SMILES string of the molecule is COc1ccc2oc(Cc3cccnc3)c(CC#N)c2c1. The lowest BCUT2D eigenvalue weighted by atomic mass is 10.0. The summed E-state index contributed by atoms with van der Waals surface area (Å²) in [7, 11) is 1.63. The van der Waals surface area contributed by atoms with E-state index in [1.807, 2.05) is 36.5 Å². The van der Waals surface area contributed by atoms with E-state index in [-0.39, 0.29) is 0 Å². The molecule has 0 fully saturated rings. The molecule has 0 saturated heterocycles. The Labute approximate surface area is 122 Å². The zero-order valence-electron chi connectivity index (χ0n) is 11.7. The summed E-state index contributed by atoms with van der Waals surface area (Å²) in [6.45, 7) is 0. The average molecular weight is 278 g/mol. The van der Waals surface area contributed by atoms with Gasteiger partial charge in [0.15, 0.2) is 0 Å². The van der Waals surface area contributed by atoms with E-state index in [0.29, 0.717) is 12.8 Å². The van der Waals surface area contributed by atoms with Gasteiger partial charge in [0.05, 0.1) is 19.6 Å². The number of fused-ring (bicyclic) bond motifs is 1. The molecule has 0 N–H and O–H groups in total. The first-order valence-corrected chi connectivity index (χ1v) is 6.66. The topological polar surface area (TPSA) is 59.1 Å². The quantitative estimate of drug-likeness (QED) is 0.733. The van der Waals surface area contributed by atoms with Crippen LogP contribution in [0.4, 0.5) is 0 Å². The molecule has 3 rings (SSSR count). The summed E-state index contributed by atoms with van der Waals surface area (Å²) in [5, 5.41) is 10.0. The number of nitrogens with zero attached hydrogens (tertiary/aromatic N) is 2. The van der Waals surface area contributed by atoms with Crippen LogP contribution in [-0.4, -0.2) is 12.1 Å². The maximum atomic E-state index is 9.08. The van der Waals surface area contributed by atoms with Crippen molar-refractivity contribution in [3.63, 3.8) is 0 Å². The zero-order valence-corrected chi connectivity index (χ0v) is 11.7. The lowest BCUT2D eigenvalue weighted by molar-refractivity contribution is 0.415. The van der Waals surface area contributed by atoms with Crippen molar-refractivity contribution in [2.45, 2.75) is 12.8 Å². The molecule has 0 saturated carbocycles. The minimum absolute atomic E-state index is 0.315. The Kier molecular flexibility index (Phi) is 3.57. The van der Waals surface area contributed by atoms with E-state index in [1.165, 1.54) is 0 Å². The summed E-state index contributed by atoms with van der Waals surface area (Å²) in [4.78, 5) is 4.11. The molecular weight excluding hydrogens is 264 g/mol. The molecule has 4 nitrogen and oxygen atoms in total. The molecule has 0 aliphatic rings. The molecule has 2 heterocycles. The molecule has 0 aliphatic carbocycles. The van der Waals surface area contributed by atoms with Crippen molar-refractivity contribution in [3.8, 4) is 11.8 Å². The number of ether oxygens (including phenoxy) is 1. The fraction of sp³-hybridized carbons (Fsp3) is 0.176. The molecule has 0 unspecified atom stereocenters. The Hall–Kier alpha value is -2.80. The van der Waals surface area contributed by atoms with Crippen molar-refractivity contribution in [1.29, 1.82) is 5.26 Å². The van der Waals surface area contributed by atoms with Crippen LogP contribution in [0, 0.1) is 11.3 Å². The number of aromatic nitrogens is 1. The molecule has 3 aromatic rings. The summed E-state index contributed by atoms with van der Waals surface area (Å²) >= 11 is 0. The molecule has 0 radical (unpaired) electrons. The largest absolute Gasteiger partial charge is 0.497 e. The van der Waals surface area contributed by atoms with Crippen molar-refractivity contribution in [2.24, 2.45) is 0 Å². The number of nitriles is 1. The van der Waals surface area contributed by atoms with Gasteiger partial charge in [-0.05, 0) is 29.8 Å². The number of rotatable bonds is 4. The van der Waals surface area contributed by atoms with Crippen LogP contribution < -0.4 is 4.74 Å². The Morgan fingerprint density at radius 3 is 2.95 bits per heavy atom. The van der Waals surface area contributed by atoms with Gasteiger partial charge in [0.2, 0.25) is 0 Å². The highest BCUT2D eigenvalue weighted by atomic mass is 16.5. The first-order valence-electron chi connectivity index (χ1n) is 6.66. The first-order chi connectivity index (χ1) is 10.3. The Balaban J connectivity index is 2.09. The number of hydrogen-bond donors (Lipinski definition) is 0. The highest BCUT2D eigenvalue weighted by Crippen LogP contribution is 2.31. The number of hydrogen-bond acceptors (Lipinski definition) is 4. The lowest BCUT2D eigenvalue weighted by Gasteiger charge is -2.00. The molecule has 21 heavy (non-hydrogen) atoms. The lowest BCUT2D eigenvalue weighted by Crippen LogP contribution is -1.92. The van der Waals surface area contributed by atoms with E-state index >= 15 is 0 Å². The van der Waals surface area contributed by atoms with Crippen molar-refractivity contribution >= 4 is 11.0 Å². The van der Waals surface area contributed by atoms with Crippen molar-refractivity contribution in [3.05, 3.63) is 59.6 Å². The predicted octanol–water partition coefficient (Wildman–Crippen LogP) is 3.49. The van der Waals surface area contributed by atoms with Crippen molar-refractivity contribution in [2.75, 3.05) is 7.11 Å². The third-order valence-corrected chi connectivity index (χ3v) is 3.42. The highest BCUT2D eigenvalue weighted by molar-refractivity contribution is 5.84. The average Bonchev–Trinajstić information content (AvgIpc) is 2.85. The second-order valence-corrected chi connectivity index (χ2v) is 4.74. The summed E-state index contributed by atoms with van der Waals surface area (Å²) in [6, 6.07) is 11.7. The molecule has 1 aromatic carbocycles. The third-order valence-electron chi connectivity index (χ3n) is 3.42. The molecule has 4 heteroatoms. The van der Waals surface area contributed by atoms with Crippen LogP contribution in [0.5, 0.6) is 5.75 Å². The van der Waals surface area contributed by atoms with E-state index in [0.717, 1.165) is 33.6 Å². The maximum Gasteiger partial charge on any atom is 0.134 e. The Morgan fingerprint density at radius 2 is 2.24 bits per heavy atom. The van der Waals surface area contributed by atoms with E-state index in [9.17, 15) is 0 Å². The second kappa shape index (κ2) is 5.68. The van der Waals surface area contributed by atoms with Crippen molar-refractivity contribution < 1.29 is 9.15 Å². The standard InChI is InChI=1S/C17H14N2O2/c1-20-13-4-5-16-15(10-13)14(6-7-18)17(21-16)9-12-3-2-8-19-11-12/h2-5,8,10-11H,6,9H2,1H3. The summed E-state index contributed by atoms with van der Waals surface area (Å²) in [5.41, 5.74) is 2.76. The van der Waals surface area contributed by atoms with Gasteiger partial charge in [-0.25, -0.2) is 0 Å². The zero-order chi connectivity index (χ0) is 14.7. The van der Waals surface area contributed by atoms with Gasteiger partial charge in [-0.3, -0.25) is 4.98 Å². The van der Waals surface area contributed by atoms with Crippen LogP contribution in [0.1, 0.15) is 16.9 Å². The van der Waals surface area contributed by atoms with Crippen LogP contribution >= 0.6 is 0 Å². The number of methoxy groups -OCH3 is 1. The van der Waals surface area contributed by atoms with Gasteiger partial charge in [-0.1, -0.05) is 6.07 Å². The van der Waals surface area contributed by atoms with Gasteiger partial charge >= 0.3 is 0 Å². The summed E-state index contributed by atoms with van der Waals surface area (Å²) in [6.07, 6.45) is 4.49. The number of benzene rings is 1. The van der Waals surface area contributed by atoms with Crippen LogP contribution in [0.3, 0.4) is 0 Å². The molecule has 2 aromatic heterocycles. The molecule has 104 valence electrons. The van der Waals surface area contributed by atoms with E-state index in [4.69, 9.17) is 14.4 Å². The Bertz CT molecular complexity index is 801. The third kappa shape index (κ3) is 2.59. The molecule has 0 aliphatic heterocycles. The molecule has 0 amide bonds. The van der Waals surface area contributed by atoms with Gasteiger partial charge in [-0.15, -0.1) is 0 Å². The van der Waals surface area contributed by atoms with E-state index in [1.54, 1.807) is 13.3 Å². The Morgan fingerprint density at radius 1 is 1.33 bits per heavy atom. The van der Waals surface area contributed by atoms with Crippen LogP contribution in [0.15, 0.2) is 47.1 Å². The minimum atomic E-state index is 0.315. The van der Waals surface area contributed by atoms with Crippen LogP contribution in [0.2, 0.25) is 0 Å². The predicted molar refractivity (Wildman–Crippen MR) is 79.1 cm³/mol. The van der Waals surface area contributed by atoms with Gasteiger partial charge in [0.25, 0.3) is 0 Å². The van der Waals surface area contributed by atoms with E-state index < -0.39 is 0 Å². The molecule has 0 spiro atoms. The molecule has 0 bridgehead atoms. The van der Waals surface area contributed by atoms with Crippen LogP contribution in [-0.2, 0) is 12.8 Å². The number of furan rings is 1. The highest BCUT2D eigenvalue weighted by Gasteiger charge is 2.15. The maximum absolute atomic E-state index is 9.08. The van der Waals surface area contributed by atoms with E-state index in [2.05, 4.69) is 11.1 Å². The molecular formula is C17H14N2O2. The smallest absolute Gasteiger partial charge is 0.134 e. The van der Waals surface area contributed by atoms with Gasteiger partial charge in [0, 0.05) is 29.8 Å². The van der Waals surface area contributed by atoms with Gasteiger partial charge in [0.1, 0.15) is 17.1 Å². The normalized spacial score (nSPS) is 10.5. The molecule has 0 atom stereocenters. The monoisotopic (exact) mass is 278 g/mol. The summed E-state index contributed by atoms with van der Waals surface area (Å²) in [5.74, 6) is 1.57. The van der Waals surface area contributed by atoms with Crippen molar-refractivity contribution in [1.82, 2.24) is 4.98 Å². The second-order valence-electron chi connectivity index (χ2n) is 4.74. The first kappa shape index (κ1) is 13.2. The van der Waals surface area contributed by atoms with Gasteiger partial charge < -0.3 is 9.15 Å².